The van der Waals surface area contributed by atoms with Crippen molar-refractivity contribution in [3.8, 4) is 22.6 Å². The number of anilines is 2. The molecule has 162 valence electrons. The van der Waals surface area contributed by atoms with Crippen LogP contribution in [0.5, 0.6) is 0 Å². The van der Waals surface area contributed by atoms with Crippen LogP contribution in [0.25, 0.3) is 22.6 Å². The molecule has 3 aromatic rings. The SMILES string of the molecule is CN1CCN(c2ccc(-c3ccc(-c4ccc(N5CCN(C)CC5)nc4)o3)cn2)CC1. The highest BCUT2D eigenvalue weighted by Gasteiger charge is 2.17. The van der Waals surface area contributed by atoms with Gasteiger partial charge in [0.15, 0.2) is 0 Å². The van der Waals surface area contributed by atoms with E-state index in [1.165, 1.54) is 0 Å². The summed E-state index contributed by atoms with van der Waals surface area (Å²) in [5, 5.41) is 0. The molecule has 3 aromatic heterocycles. The Morgan fingerprint density at radius 2 is 1.00 bits per heavy atom. The molecule has 0 bridgehead atoms. The topological polar surface area (TPSA) is 51.9 Å². The highest BCUT2D eigenvalue weighted by Crippen LogP contribution is 2.29. The highest BCUT2D eigenvalue weighted by atomic mass is 16.3. The van der Waals surface area contributed by atoms with Crippen LogP contribution in [0.3, 0.4) is 0 Å². The maximum absolute atomic E-state index is 6.13. The lowest BCUT2D eigenvalue weighted by Gasteiger charge is -2.33. The molecule has 0 aliphatic carbocycles. The average molecular weight is 419 g/mol. The Bertz CT molecular complexity index is 904. The molecule has 0 N–H and O–H groups in total. The minimum absolute atomic E-state index is 0.829. The van der Waals surface area contributed by atoms with Gasteiger partial charge >= 0.3 is 0 Å². The van der Waals surface area contributed by atoms with Crippen LogP contribution in [0.4, 0.5) is 11.6 Å². The maximum Gasteiger partial charge on any atom is 0.136 e. The molecule has 5 heterocycles. The van der Waals surface area contributed by atoms with Crippen LogP contribution in [-0.2, 0) is 0 Å². The van der Waals surface area contributed by atoms with Crippen LogP contribution in [0.2, 0.25) is 0 Å². The molecule has 2 fully saturated rings. The average Bonchev–Trinajstić information content (AvgIpc) is 3.31. The first kappa shape index (κ1) is 20.0. The predicted molar refractivity (Wildman–Crippen MR) is 125 cm³/mol. The maximum atomic E-state index is 6.13. The van der Waals surface area contributed by atoms with E-state index in [-0.39, 0.29) is 0 Å². The number of furan rings is 1. The highest BCUT2D eigenvalue weighted by molar-refractivity contribution is 5.65. The van der Waals surface area contributed by atoms with Crippen molar-refractivity contribution in [3.63, 3.8) is 0 Å². The molecular weight excluding hydrogens is 388 g/mol. The minimum Gasteiger partial charge on any atom is -0.456 e. The van der Waals surface area contributed by atoms with Gasteiger partial charge in [0.1, 0.15) is 23.2 Å². The van der Waals surface area contributed by atoms with Gasteiger partial charge in [-0.25, -0.2) is 9.97 Å². The Hall–Kier alpha value is -2.90. The van der Waals surface area contributed by atoms with E-state index >= 15 is 0 Å². The summed E-state index contributed by atoms with van der Waals surface area (Å²) >= 11 is 0. The summed E-state index contributed by atoms with van der Waals surface area (Å²) in [6.07, 6.45) is 3.82. The van der Waals surface area contributed by atoms with Gasteiger partial charge in [0, 0.05) is 75.9 Å². The van der Waals surface area contributed by atoms with E-state index < -0.39 is 0 Å². The van der Waals surface area contributed by atoms with Gasteiger partial charge in [0.05, 0.1) is 0 Å². The zero-order valence-electron chi connectivity index (χ0n) is 18.4. The first-order valence-electron chi connectivity index (χ1n) is 11.1. The van der Waals surface area contributed by atoms with Crippen LogP contribution >= 0.6 is 0 Å². The molecule has 2 saturated heterocycles. The predicted octanol–water partition coefficient (Wildman–Crippen LogP) is 2.91. The Morgan fingerprint density at radius 3 is 1.35 bits per heavy atom. The molecule has 0 atom stereocenters. The second kappa shape index (κ2) is 8.69. The molecule has 0 aromatic carbocycles. The number of hydrogen-bond donors (Lipinski definition) is 0. The van der Waals surface area contributed by atoms with Gasteiger partial charge in [0.2, 0.25) is 0 Å². The molecular formula is C24H30N6O. The van der Waals surface area contributed by atoms with Crippen molar-refractivity contribution in [1.82, 2.24) is 19.8 Å². The van der Waals surface area contributed by atoms with Gasteiger partial charge in [0.25, 0.3) is 0 Å². The summed E-state index contributed by atoms with van der Waals surface area (Å²) in [5.41, 5.74) is 1.98. The summed E-state index contributed by atoms with van der Waals surface area (Å²) in [4.78, 5) is 18.7. The Labute approximate surface area is 183 Å². The number of likely N-dealkylation sites (N-methyl/N-ethyl adjacent to an activating group) is 2. The monoisotopic (exact) mass is 418 g/mol. The molecule has 5 rings (SSSR count). The molecule has 7 nitrogen and oxygen atoms in total. The molecule has 0 saturated carbocycles. The number of aromatic nitrogens is 2. The third-order valence-corrected chi connectivity index (χ3v) is 6.33. The second-order valence-electron chi connectivity index (χ2n) is 8.55. The lowest BCUT2D eigenvalue weighted by atomic mass is 10.2. The van der Waals surface area contributed by atoms with Crippen molar-refractivity contribution < 1.29 is 4.42 Å². The minimum atomic E-state index is 0.829. The lowest BCUT2D eigenvalue weighted by molar-refractivity contribution is 0.312. The summed E-state index contributed by atoms with van der Waals surface area (Å²) in [7, 11) is 4.33. The van der Waals surface area contributed by atoms with Crippen molar-refractivity contribution in [1.29, 1.82) is 0 Å². The van der Waals surface area contributed by atoms with Crippen molar-refractivity contribution in [3.05, 3.63) is 48.8 Å². The van der Waals surface area contributed by atoms with E-state index in [2.05, 4.69) is 67.9 Å². The number of nitrogens with zero attached hydrogens (tertiary/aromatic N) is 6. The number of rotatable bonds is 4. The number of pyridine rings is 2. The van der Waals surface area contributed by atoms with Crippen molar-refractivity contribution >= 4 is 11.6 Å². The van der Waals surface area contributed by atoms with Gasteiger partial charge in [-0.1, -0.05) is 0 Å². The first-order chi connectivity index (χ1) is 15.2. The zero-order valence-corrected chi connectivity index (χ0v) is 18.4. The third-order valence-electron chi connectivity index (χ3n) is 6.33. The van der Waals surface area contributed by atoms with Crippen LogP contribution in [0.15, 0.2) is 53.2 Å². The Kier molecular flexibility index (Phi) is 5.61. The van der Waals surface area contributed by atoms with Gasteiger partial charge < -0.3 is 24.0 Å². The van der Waals surface area contributed by atoms with Crippen LogP contribution in [0.1, 0.15) is 0 Å². The van der Waals surface area contributed by atoms with Gasteiger partial charge in [-0.15, -0.1) is 0 Å². The smallest absolute Gasteiger partial charge is 0.136 e. The largest absolute Gasteiger partial charge is 0.456 e. The Morgan fingerprint density at radius 1 is 0.581 bits per heavy atom. The molecule has 0 unspecified atom stereocenters. The fraction of sp³-hybridized carbons (Fsp3) is 0.417. The van der Waals surface area contributed by atoms with Crippen molar-refractivity contribution in [2.45, 2.75) is 0 Å². The number of piperazine rings is 2. The normalized spacial score (nSPS) is 18.5. The van der Waals surface area contributed by atoms with Crippen molar-refractivity contribution in [2.75, 3.05) is 76.3 Å². The molecule has 2 aliphatic heterocycles. The first-order valence-corrected chi connectivity index (χ1v) is 11.1. The van der Waals surface area contributed by atoms with Crippen molar-refractivity contribution in [2.24, 2.45) is 0 Å². The molecule has 2 aliphatic rings. The van der Waals surface area contributed by atoms with Crippen LogP contribution in [-0.4, -0.2) is 86.2 Å². The van der Waals surface area contributed by atoms with Gasteiger partial charge in [-0.2, -0.15) is 0 Å². The zero-order chi connectivity index (χ0) is 21.2. The van der Waals surface area contributed by atoms with E-state index in [0.717, 1.165) is 86.6 Å². The summed E-state index contributed by atoms with van der Waals surface area (Å²) in [5.74, 6) is 3.73. The second-order valence-corrected chi connectivity index (χ2v) is 8.55. The van der Waals surface area contributed by atoms with Gasteiger partial charge in [-0.3, -0.25) is 0 Å². The van der Waals surface area contributed by atoms with E-state index in [4.69, 9.17) is 4.42 Å². The summed E-state index contributed by atoms with van der Waals surface area (Å²) < 4.78 is 6.13. The van der Waals surface area contributed by atoms with E-state index in [9.17, 15) is 0 Å². The lowest BCUT2D eigenvalue weighted by Crippen LogP contribution is -2.44. The quantitative estimate of drug-likeness (QED) is 0.646. The summed E-state index contributed by atoms with van der Waals surface area (Å²) in [6.45, 7) is 8.38. The van der Waals surface area contributed by atoms with E-state index in [1.807, 2.05) is 24.5 Å². The van der Waals surface area contributed by atoms with Crippen LogP contribution < -0.4 is 9.80 Å². The number of hydrogen-bond acceptors (Lipinski definition) is 7. The molecule has 7 heteroatoms. The molecule has 0 spiro atoms. The van der Waals surface area contributed by atoms with Gasteiger partial charge in [-0.05, 0) is 50.5 Å². The van der Waals surface area contributed by atoms with E-state index in [0.29, 0.717) is 0 Å². The van der Waals surface area contributed by atoms with Crippen LogP contribution in [0, 0.1) is 0 Å². The third kappa shape index (κ3) is 4.43. The van der Waals surface area contributed by atoms with E-state index in [1.54, 1.807) is 0 Å². The molecule has 0 amide bonds. The standard InChI is InChI=1S/C24H30N6O/c1-27-9-13-29(14-10-27)23-7-3-19(17-25-23)21-5-6-22(31-21)20-4-8-24(26-18-20)30-15-11-28(2)12-16-30/h3-8,17-18H,9-16H2,1-2H3. The Balaban J connectivity index is 1.26. The molecule has 31 heavy (non-hydrogen) atoms. The fourth-order valence-electron chi connectivity index (χ4n) is 4.16. The summed E-state index contributed by atoms with van der Waals surface area (Å²) in [6, 6.07) is 12.4. The fourth-order valence-corrected chi connectivity index (χ4v) is 4.16. The molecule has 0 radical (unpaired) electrons.